The molecule has 1 aliphatic rings. The number of morpholine rings is 1. The molecule has 1 aliphatic heterocycles. The lowest BCUT2D eigenvalue weighted by atomic mass is 10.2. The zero-order chi connectivity index (χ0) is 18.6. The Kier molecular flexibility index (Phi) is 5.40. The van der Waals surface area contributed by atoms with E-state index in [1.165, 1.54) is 5.56 Å². The number of hydrogen-bond acceptors (Lipinski definition) is 8. The van der Waals surface area contributed by atoms with E-state index in [0.29, 0.717) is 31.5 Å². The van der Waals surface area contributed by atoms with Crippen molar-refractivity contribution in [2.75, 3.05) is 31.2 Å². The molecule has 9 heteroatoms. The minimum absolute atomic E-state index is 0.0116. The highest BCUT2D eigenvalue weighted by molar-refractivity contribution is 7.99. The third-order valence-electron chi connectivity index (χ3n) is 4.35. The van der Waals surface area contributed by atoms with Crippen LogP contribution in [0.15, 0.2) is 40.0 Å². The molecule has 3 aromatic rings. The SMILES string of the molecule is Cc1noc(C(C)Sc2nnc(N3CCOCC3)n2Cc2ccccc2)n1. The Morgan fingerprint density at radius 1 is 1.15 bits per heavy atom. The van der Waals surface area contributed by atoms with E-state index in [-0.39, 0.29) is 5.25 Å². The quantitative estimate of drug-likeness (QED) is 0.598. The van der Waals surface area contributed by atoms with Gasteiger partial charge in [-0.15, -0.1) is 10.2 Å². The van der Waals surface area contributed by atoms with E-state index in [0.717, 1.165) is 24.2 Å². The molecule has 0 spiro atoms. The van der Waals surface area contributed by atoms with Gasteiger partial charge in [0.15, 0.2) is 11.0 Å². The van der Waals surface area contributed by atoms with Crippen LogP contribution in [0.2, 0.25) is 0 Å². The number of nitrogens with zero attached hydrogens (tertiary/aromatic N) is 6. The van der Waals surface area contributed by atoms with Crippen molar-refractivity contribution in [3.05, 3.63) is 47.6 Å². The molecule has 3 heterocycles. The van der Waals surface area contributed by atoms with Crippen LogP contribution in [0.5, 0.6) is 0 Å². The number of rotatable bonds is 6. The molecule has 1 unspecified atom stereocenters. The molecule has 2 aromatic heterocycles. The fraction of sp³-hybridized carbons (Fsp3) is 0.444. The van der Waals surface area contributed by atoms with Crippen LogP contribution in [0.25, 0.3) is 0 Å². The average molecular weight is 386 g/mol. The first kappa shape index (κ1) is 18.0. The van der Waals surface area contributed by atoms with Gasteiger partial charge in [0.2, 0.25) is 11.8 Å². The molecule has 1 aromatic carbocycles. The molecule has 0 radical (unpaired) electrons. The molecule has 8 nitrogen and oxygen atoms in total. The Hall–Kier alpha value is -2.39. The van der Waals surface area contributed by atoms with E-state index in [9.17, 15) is 0 Å². The normalized spacial score (nSPS) is 15.9. The van der Waals surface area contributed by atoms with Crippen LogP contribution in [-0.2, 0) is 11.3 Å². The summed E-state index contributed by atoms with van der Waals surface area (Å²) >= 11 is 1.58. The van der Waals surface area contributed by atoms with Gasteiger partial charge >= 0.3 is 0 Å². The highest BCUT2D eigenvalue weighted by Gasteiger charge is 2.24. The van der Waals surface area contributed by atoms with Gasteiger partial charge in [0.1, 0.15) is 0 Å². The van der Waals surface area contributed by atoms with Gasteiger partial charge in [-0.2, -0.15) is 4.98 Å². The van der Waals surface area contributed by atoms with Gasteiger partial charge < -0.3 is 14.2 Å². The lowest BCUT2D eigenvalue weighted by Crippen LogP contribution is -2.38. The van der Waals surface area contributed by atoms with Crippen LogP contribution in [0.4, 0.5) is 5.95 Å². The molecule has 1 saturated heterocycles. The fourth-order valence-electron chi connectivity index (χ4n) is 2.96. The first-order valence-corrected chi connectivity index (χ1v) is 9.85. The number of thioether (sulfide) groups is 1. The summed E-state index contributed by atoms with van der Waals surface area (Å²) < 4.78 is 12.9. The van der Waals surface area contributed by atoms with Crippen molar-refractivity contribution in [1.29, 1.82) is 0 Å². The van der Waals surface area contributed by atoms with Gasteiger partial charge in [0.25, 0.3) is 0 Å². The third-order valence-corrected chi connectivity index (χ3v) is 5.42. The van der Waals surface area contributed by atoms with Crippen molar-refractivity contribution < 1.29 is 9.26 Å². The van der Waals surface area contributed by atoms with Crippen LogP contribution in [0.3, 0.4) is 0 Å². The number of aromatic nitrogens is 5. The maximum absolute atomic E-state index is 5.48. The van der Waals surface area contributed by atoms with Crippen LogP contribution in [-0.4, -0.2) is 51.2 Å². The van der Waals surface area contributed by atoms with Gasteiger partial charge in [-0.25, -0.2) is 0 Å². The molecule has 0 bridgehead atoms. The van der Waals surface area contributed by atoms with E-state index < -0.39 is 0 Å². The predicted molar refractivity (Wildman–Crippen MR) is 102 cm³/mol. The standard InChI is InChI=1S/C18H22N6O2S/c1-13(16-19-14(2)22-26-16)27-18-21-20-17(23-8-10-25-11-9-23)24(18)12-15-6-4-3-5-7-15/h3-7,13H,8-12H2,1-2H3. The van der Waals surface area contributed by atoms with Crippen molar-refractivity contribution in [2.24, 2.45) is 0 Å². The topological polar surface area (TPSA) is 82.1 Å². The van der Waals surface area contributed by atoms with Crippen molar-refractivity contribution in [2.45, 2.75) is 30.8 Å². The predicted octanol–water partition coefficient (Wildman–Crippen LogP) is 2.71. The zero-order valence-electron chi connectivity index (χ0n) is 15.4. The summed E-state index contributed by atoms with van der Waals surface area (Å²) in [5.41, 5.74) is 1.20. The maximum atomic E-state index is 5.48. The van der Waals surface area contributed by atoms with Gasteiger partial charge in [-0.05, 0) is 19.4 Å². The van der Waals surface area contributed by atoms with E-state index >= 15 is 0 Å². The Morgan fingerprint density at radius 3 is 2.63 bits per heavy atom. The molecule has 0 N–H and O–H groups in total. The molecule has 1 atom stereocenters. The Balaban J connectivity index is 1.62. The van der Waals surface area contributed by atoms with Crippen LogP contribution >= 0.6 is 11.8 Å². The zero-order valence-corrected chi connectivity index (χ0v) is 16.2. The first-order chi connectivity index (χ1) is 13.2. The second-order valence-electron chi connectivity index (χ2n) is 6.39. The molecule has 4 rings (SSSR count). The molecular weight excluding hydrogens is 364 g/mol. The van der Waals surface area contributed by atoms with Crippen LogP contribution in [0.1, 0.15) is 29.5 Å². The smallest absolute Gasteiger partial charge is 0.239 e. The van der Waals surface area contributed by atoms with E-state index in [1.54, 1.807) is 11.8 Å². The Morgan fingerprint density at radius 2 is 1.93 bits per heavy atom. The number of anilines is 1. The Labute approximate surface area is 161 Å². The fourth-order valence-corrected chi connectivity index (χ4v) is 3.83. The summed E-state index contributed by atoms with van der Waals surface area (Å²) in [4.78, 5) is 6.56. The summed E-state index contributed by atoms with van der Waals surface area (Å²) in [5.74, 6) is 2.11. The number of ether oxygens (including phenoxy) is 1. The lowest BCUT2D eigenvalue weighted by Gasteiger charge is -2.28. The van der Waals surface area contributed by atoms with E-state index in [2.05, 4.69) is 41.9 Å². The lowest BCUT2D eigenvalue weighted by molar-refractivity contribution is 0.121. The van der Waals surface area contributed by atoms with Crippen molar-refractivity contribution in [3.8, 4) is 0 Å². The molecule has 0 saturated carbocycles. The monoisotopic (exact) mass is 386 g/mol. The average Bonchev–Trinajstić information content (AvgIpc) is 3.30. The van der Waals surface area contributed by atoms with Crippen molar-refractivity contribution >= 4 is 17.7 Å². The van der Waals surface area contributed by atoms with Gasteiger partial charge in [-0.1, -0.05) is 47.3 Å². The number of aryl methyl sites for hydroxylation is 1. The van der Waals surface area contributed by atoms with Crippen molar-refractivity contribution in [1.82, 2.24) is 24.9 Å². The molecule has 27 heavy (non-hydrogen) atoms. The van der Waals surface area contributed by atoms with Gasteiger partial charge in [0.05, 0.1) is 25.0 Å². The molecule has 0 amide bonds. The number of benzene rings is 1. The third kappa shape index (κ3) is 4.14. The maximum Gasteiger partial charge on any atom is 0.239 e. The number of hydrogen-bond donors (Lipinski definition) is 0. The van der Waals surface area contributed by atoms with Crippen LogP contribution < -0.4 is 4.90 Å². The largest absolute Gasteiger partial charge is 0.378 e. The first-order valence-electron chi connectivity index (χ1n) is 8.97. The molecule has 0 aliphatic carbocycles. The van der Waals surface area contributed by atoms with E-state index in [4.69, 9.17) is 9.26 Å². The molecule has 142 valence electrons. The summed E-state index contributed by atoms with van der Waals surface area (Å²) in [6.07, 6.45) is 0. The summed E-state index contributed by atoms with van der Waals surface area (Å²) in [7, 11) is 0. The molecule has 1 fully saturated rings. The second kappa shape index (κ2) is 8.10. The minimum Gasteiger partial charge on any atom is -0.378 e. The summed E-state index contributed by atoms with van der Waals surface area (Å²) in [5, 5.41) is 13.7. The van der Waals surface area contributed by atoms with Crippen molar-refractivity contribution in [3.63, 3.8) is 0 Å². The minimum atomic E-state index is -0.0116. The second-order valence-corrected chi connectivity index (χ2v) is 7.70. The van der Waals surface area contributed by atoms with Gasteiger partial charge in [-0.3, -0.25) is 4.57 Å². The van der Waals surface area contributed by atoms with Gasteiger partial charge in [0, 0.05) is 13.1 Å². The summed E-state index contributed by atoms with van der Waals surface area (Å²) in [6, 6.07) is 10.3. The highest BCUT2D eigenvalue weighted by Crippen LogP contribution is 2.34. The summed E-state index contributed by atoms with van der Waals surface area (Å²) in [6.45, 7) is 7.60. The Bertz CT molecular complexity index is 875. The highest BCUT2D eigenvalue weighted by atomic mass is 32.2. The molecular formula is C18H22N6O2S. The van der Waals surface area contributed by atoms with E-state index in [1.807, 2.05) is 32.0 Å². The van der Waals surface area contributed by atoms with Crippen LogP contribution in [0, 0.1) is 6.92 Å².